The predicted molar refractivity (Wildman–Crippen MR) is 158 cm³/mol. The van der Waals surface area contributed by atoms with Gasteiger partial charge < -0.3 is 10.2 Å². The lowest BCUT2D eigenvalue weighted by molar-refractivity contribution is -0.140. The van der Waals surface area contributed by atoms with Crippen LogP contribution in [-0.4, -0.2) is 50.0 Å². The molecule has 0 aliphatic carbocycles. The molecule has 208 valence electrons. The van der Waals surface area contributed by atoms with E-state index in [0.29, 0.717) is 0 Å². The van der Waals surface area contributed by atoms with Crippen LogP contribution >= 0.6 is 23.2 Å². The summed E-state index contributed by atoms with van der Waals surface area (Å²) in [5.74, 6) is -0.889. The molecule has 0 radical (unpaired) electrons. The Balaban J connectivity index is 2.08. The third-order valence-electron chi connectivity index (χ3n) is 6.02. The minimum absolute atomic E-state index is 0.0148. The van der Waals surface area contributed by atoms with E-state index in [0.717, 1.165) is 27.3 Å². The number of anilines is 1. The summed E-state index contributed by atoms with van der Waals surface area (Å²) in [7, 11) is -3.95. The van der Waals surface area contributed by atoms with E-state index in [1.54, 1.807) is 6.07 Å². The molecule has 1 N–H and O–H groups in total. The van der Waals surface area contributed by atoms with Crippen molar-refractivity contribution in [2.45, 2.75) is 45.8 Å². The number of amides is 2. The van der Waals surface area contributed by atoms with Crippen LogP contribution in [0.2, 0.25) is 10.0 Å². The molecule has 0 aliphatic heterocycles. The molecule has 0 fully saturated rings. The molecule has 10 heteroatoms. The second kappa shape index (κ2) is 13.3. The van der Waals surface area contributed by atoms with E-state index in [1.807, 2.05) is 75.4 Å². The summed E-state index contributed by atoms with van der Waals surface area (Å²) in [6.07, 6.45) is 1.24. The molecule has 0 spiro atoms. The van der Waals surface area contributed by atoms with Crippen LogP contribution < -0.4 is 9.62 Å². The molecule has 3 rings (SSSR count). The minimum Gasteiger partial charge on any atom is -0.352 e. The molecule has 0 aliphatic rings. The average Bonchev–Trinajstić information content (AvgIpc) is 2.86. The van der Waals surface area contributed by atoms with Gasteiger partial charge in [0.2, 0.25) is 21.8 Å². The van der Waals surface area contributed by atoms with Crippen molar-refractivity contribution in [2.24, 2.45) is 0 Å². The maximum Gasteiger partial charge on any atom is 0.244 e. The van der Waals surface area contributed by atoms with Crippen molar-refractivity contribution in [2.75, 3.05) is 17.1 Å². The number of aryl methyl sites for hydroxylation is 1. The molecule has 0 bridgehead atoms. The van der Waals surface area contributed by atoms with E-state index in [4.69, 9.17) is 23.2 Å². The van der Waals surface area contributed by atoms with Gasteiger partial charge in [-0.3, -0.25) is 13.9 Å². The molecule has 0 aromatic heterocycles. The van der Waals surface area contributed by atoms with Gasteiger partial charge in [-0.25, -0.2) is 8.42 Å². The van der Waals surface area contributed by atoms with E-state index in [-0.39, 0.29) is 40.6 Å². The summed E-state index contributed by atoms with van der Waals surface area (Å²) < 4.78 is 26.7. The van der Waals surface area contributed by atoms with Crippen LogP contribution in [0.4, 0.5) is 5.69 Å². The molecular formula is C29H33Cl2N3O4S. The van der Waals surface area contributed by atoms with Gasteiger partial charge in [-0.2, -0.15) is 0 Å². The van der Waals surface area contributed by atoms with Gasteiger partial charge in [0.05, 0.1) is 22.0 Å². The van der Waals surface area contributed by atoms with Gasteiger partial charge in [0.1, 0.15) is 12.6 Å². The zero-order valence-electron chi connectivity index (χ0n) is 22.4. The maximum absolute atomic E-state index is 14.0. The molecule has 3 aromatic carbocycles. The topological polar surface area (TPSA) is 86.8 Å². The van der Waals surface area contributed by atoms with Gasteiger partial charge in [-0.1, -0.05) is 89.4 Å². The van der Waals surface area contributed by atoms with E-state index in [9.17, 15) is 18.0 Å². The van der Waals surface area contributed by atoms with E-state index in [2.05, 4.69) is 5.32 Å². The number of carbonyl (C=O) groups is 2. The molecule has 0 unspecified atom stereocenters. The normalized spacial score (nSPS) is 12.2. The summed E-state index contributed by atoms with van der Waals surface area (Å²) >= 11 is 12.5. The fraction of sp³-hybridized carbons (Fsp3) is 0.310. The predicted octanol–water partition coefficient (Wildman–Crippen LogP) is 5.23. The SMILES string of the molecule is Cc1cccc(CN(C(=O)CN(c2cccc(Cl)c2Cl)S(C)(=O)=O)[C@H](Cc2ccccc2)C(=O)NC(C)C)c1. The lowest BCUT2D eigenvalue weighted by Crippen LogP contribution is -2.54. The number of hydrogen-bond donors (Lipinski definition) is 1. The van der Waals surface area contributed by atoms with Crippen molar-refractivity contribution in [3.63, 3.8) is 0 Å². The smallest absolute Gasteiger partial charge is 0.244 e. The standard InChI is InChI=1S/C29H33Cl2N3O4S/c1-20(2)32-29(36)26(17-22-11-6-5-7-12-22)33(18-23-13-8-10-21(3)16-23)27(35)19-34(39(4,37)38)25-15-9-14-24(30)28(25)31/h5-16,20,26H,17-19H2,1-4H3,(H,32,36)/t26-/m1/s1. The highest BCUT2D eigenvalue weighted by atomic mass is 35.5. The van der Waals surface area contributed by atoms with E-state index >= 15 is 0 Å². The number of benzene rings is 3. The van der Waals surface area contributed by atoms with Gasteiger partial charge in [0, 0.05) is 19.0 Å². The fourth-order valence-corrected chi connectivity index (χ4v) is 5.52. The van der Waals surface area contributed by atoms with Gasteiger partial charge in [-0.15, -0.1) is 0 Å². The summed E-state index contributed by atoms with van der Waals surface area (Å²) in [5, 5.41) is 3.10. The van der Waals surface area contributed by atoms with Crippen LogP contribution in [0.1, 0.15) is 30.5 Å². The van der Waals surface area contributed by atoms with Crippen molar-refractivity contribution >= 4 is 50.7 Å². The molecular weight excluding hydrogens is 557 g/mol. The van der Waals surface area contributed by atoms with Crippen molar-refractivity contribution in [3.8, 4) is 0 Å². The summed E-state index contributed by atoms with van der Waals surface area (Å²) in [6, 6.07) is 20.5. The molecule has 0 saturated heterocycles. The lowest BCUT2D eigenvalue weighted by atomic mass is 10.0. The molecule has 0 heterocycles. The van der Waals surface area contributed by atoms with Crippen molar-refractivity contribution in [1.29, 1.82) is 0 Å². The largest absolute Gasteiger partial charge is 0.352 e. The Morgan fingerprint density at radius 1 is 0.923 bits per heavy atom. The zero-order valence-corrected chi connectivity index (χ0v) is 24.7. The molecule has 7 nitrogen and oxygen atoms in total. The lowest BCUT2D eigenvalue weighted by Gasteiger charge is -2.34. The maximum atomic E-state index is 14.0. The Kier molecular flexibility index (Phi) is 10.4. The quantitative estimate of drug-likeness (QED) is 0.331. The van der Waals surface area contributed by atoms with E-state index in [1.165, 1.54) is 17.0 Å². The van der Waals surface area contributed by atoms with Gasteiger partial charge in [0.25, 0.3) is 0 Å². The number of sulfonamides is 1. The second-order valence-corrected chi connectivity index (χ2v) is 12.4. The van der Waals surface area contributed by atoms with E-state index < -0.39 is 28.5 Å². The molecule has 3 aromatic rings. The number of halogens is 2. The first-order chi connectivity index (χ1) is 18.4. The summed E-state index contributed by atoms with van der Waals surface area (Å²) in [4.78, 5) is 29.0. The molecule has 39 heavy (non-hydrogen) atoms. The highest BCUT2D eigenvalue weighted by Crippen LogP contribution is 2.34. The van der Waals surface area contributed by atoms with Gasteiger partial charge in [0.15, 0.2) is 0 Å². The van der Waals surface area contributed by atoms with Crippen molar-refractivity contribution in [1.82, 2.24) is 10.2 Å². The highest BCUT2D eigenvalue weighted by Gasteiger charge is 2.33. The Labute approximate surface area is 240 Å². The fourth-order valence-electron chi connectivity index (χ4n) is 4.22. The summed E-state index contributed by atoms with van der Waals surface area (Å²) in [5.41, 5.74) is 2.75. The van der Waals surface area contributed by atoms with Crippen LogP contribution in [0.5, 0.6) is 0 Å². The Bertz CT molecular complexity index is 1420. The molecule has 0 saturated carbocycles. The van der Waals surface area contributed by atoms with Crippen LogP contribution in [0.3, 0.4) is 0 Å². The molecule has 2 amide bonds. The molecule has 1 atom stereocenters. The van der Waals surface area contributed by atoms with Crippen molar-refractivity contribution < 1.29 is 18.0 Å². The van der Waals surface area contributed by atoms with Crippen LogP contribution in [0.25, 0.3) is 0 Å². The summed E-state index contributed by atoms with van der Waals surface area (Å²) in [6.45, 7) is 5.16. The number of rotatable bonds is 11. The van der Waals surface area contributed by atoms with Crippen LogP contribution in [-0.2, 0) is 32.6 Å². The first-order valence-corrected chi connectivity index (χ1v) is 15.1. The Hall–Kier alpha value is -3.07. The number of hydrogen-bond acceptors (Lipinski definition) is 4. The van der Waals surface area contributed by atoms with Gasteiger partial charge in [-0.05, 0) is 44.0 Å². The van der Waals surface area contributed by atoms with Crippen molar-refractivity contribution in [3.05, 3.63) is 99.5 Å². The van der Waals surface area contributed by atoms with Gasteiger partial charge >= 0.3 is 0 Å². The zero-order chi connectivity index (χ0) is 28.7. The number of nitrogens with one attached hydrogen (secondary N) is 1. The third-order valence-corrected chi connectivity index (χ3v) is 7.95. The van der Waals surface area contributed by atoms with Crippen LogP contribution in [0.15, 0.2) is 72.8 Å². The Morgan fingerprint density at radius 2 is 1.56 bits per heavy atom. The van der Waals surface area contributed by atoms with Crippen LogP contribution in [0, 0.1) is 6.92 Å². The minimum atomic E-state index is -3.95. The Morgan fingerprint density at radius 3 is 2.18 bits per heavy atom. The number of nitrogens with zero attached hydrogens (tertiary/aromatic N) is 2. The monoisotopic (exact) mass is 589 g/mol. The second-order valence-electron chi connectivity index (χ2n) is 9.72. The highest BCUT2D eigenvalue weighted by molar-refractivity contribution is 7.92. The average molecular weight is 591 g/mol. The number of carbonyl (C=O) groups excluding carboxylic acids is 2. The third kappa shape index (κ3) is 8.46. The first-order valence-electron chi connectivity index (χ1n) is 12.5. The first kappa shape index (κ1) is 30.5.